The zero-order valence-electron chi connectivity index (χ0n) is 8.17. The van der Waals surface area contributed by atoms with E-state index in [2.05, 4.69) is 15.3 Å². The molecule has 1 aromatic heterocycles. The Morgan fingerprint density at radius 2 is 2.21 bits per heavy atom. The maximum Gasteiger partial charge on any atom is 0.253 e. The van der Waals surface area contributed by atoms with Crippen molar-refractivity contribution in [2.75, 3.05) is 0 Å². The second-order valence-corrected chi connectivity index (χ2v) is 3.10. The van der Waals surface area contributed by atoms with Gasteiger partial charge in [0.05, 0.1) is 11.7 Å². The SMILES string of the molecule is Cc1nccc(CNC(C)C(F)F)n1. The Balaban J connectivity index is 2.45. The van der Waals surface area contributed by atoms with E-state index in [4.69, 9.17) is 0 Å². The van der Waals surface area contributed by atoms with Gasteiger partial charge in [0.2, 0.25) is 0 Å². The zero-order valence-corrected chi connectivity index (χ0v) is 8.17. The van der Waals surface area contributed by atoms with Gasteiger partial charge in [-0.25, -0.2) is 18.7 Å². The molecule has 0 fully saturated rings. The fourth-order valence-electron chi connectivity index (χ4n) is 0.958. The summed E-state index contributed by atoms with van der Waals surface area (Å²) in [5.41, 5.74) is 0.727. The third-order valence-electron chi connectivity index (χ3n) is 1.82. The molecule has 0 bridgehead atoms. The lowest BCUT2D eigenvalue weighted by Crippen LogP contribution is -2.32. The van der Waals surface area contributed by atoms with Crippen LogP contribution in [0.25, 0.3) is 0 Å². The fourth-order valence-corrected chi connectivity index (χ4v) is 0.958. The minimum absolute atomic E-state index is 0.342. The summed E-state index contributed by atoms with van der Waals surface area (Å²) in [5.74, 6) is 0.647. The van der Waals surface area contributed by atoms with Crippen LogP contribution in [0.2, 0.25) is 0 Å². The molecule has 1 N–H and O–H groups in total. The average molecular weight is 201 g/mol. The molecule has 0 aliphatic rings. The lowest BCUT2D eigenvalue weighted by molar-refractivity contribution is 0.105. The van der Waals surface area contributed by atoms with Crippen LogP contribution >= 0.6 is 0 Å². The van der Waals surface area contributed by atoms with Crippen LogP contribution in [-0.2, 0) is 6.54 Å². The molecule has 0 amide bonds. The summed E-state index contributed by atoms with van der Waals surface area (Å²) in [6.07, 6.45) is -0.732. The molecule has 5 heteroatoms. The van der Waals surface area contributed by atoms with Gasteiger partial charge in [0, 0.05) is 12.7 Å². The van der Waals surface area contributed by atoms with Crippen molar-refractivity contribution in [2.24, 2.45) is 0 Å². The van der Waals surface area contributed by atoms with Gasteiger partial charge in [-0.1, -0.05) is 0 Å². The molecule has 3 nitrogen and oxygen atoms in total. The first-order valence-electron chi connectivity index (χ1n) is 4.39. The number of nitrogens with one attached hydrogen (secondary N) is 1. The molecule has 1 atom stereocenters. The highest BCUT2D eigenvalue weighted by Gasteiger charge is 2.13. The van der Waals surface area contributed by atoms with E-state index in [1.165, 1.54) is 6.92 Å². The number of aromatic nitrogens is 2. The minimum atomic E-state index is -2.35. The van der Waals surface area contributed by atoms with Gasteiger partial charge >= 0.3 is 0 Å². The van der Waals surface area contributed by atoms with E-state index in [9.17, 15) is 8.78 Å². The monoisotopic (exact) mass is 201 g/mol. The number of nitrogens with zero attached hydrogens (tertiary/aromatic N) is 2. The molecule has 0 radical (unpaired) electrons. The Bertz CT molecular complexity index is 291. The Labute approximate surface area is 81.6 Å². The van der Waals surface area contributed by atoms with Crippen molar-refractivity contribution >= 4 is 0 Å². The lowest BCUT2D eigenvalue weighted by Gasteiger charge is -2.11. The Morgan fingerprint density at radius 3 is 2.79 bits per heavy atom. The number of alkyl halides is 2. The highest BCUT2D eigenvalue weighted by Crippen LogP contribution is 2.01. The summed E-state index contributed by atoms with van der Waals surface area (Å²) in [5, 5.41) is 2.69. The van der Waals surface area contributed by atoms with Crippen LogP contribution < -0.4 is 5.32 Å². The minimum Gasteiger partial charge on any atom is -0.303 e. The Morgan fingerprint density at radius 1 is 1.50 bits per heavy atom. The Hall–Kier alpha value is -1.10. The lowest BCUT2D eigenvalue weighted by atomic mass is 10.3. The molecule has 1 rings (SSSR count). The maximum absolute atomic E-state index is 12.1. The highest BCUT2D eigenvalue weighted by molar-refractivity contribution is 5.01. The first-order valence-corrected chi connectivity index (χ1v) is 4.39. The van der Waals surface area contributed by atoms with E-state index >= 15 is 0 Å². The molecule has 0 aromatic carbocycles. The normalized spacial score (nSPS) is 13.2. The van der Waals surface area contributed by atoms with Gasteiger partial charge in [-0.15, -0.1) is 0 Å². The number of aryl methyl sites for hydroxylation is 1. The molecule has 1 heterocycles. The van der Waals surface area contributed by atoms with Gasteiger partial charge in [0.15, 0.2) is 0 Å². The summed E-state index contributed by atoms with van der Waals surface area (Å²) in [7, 11) is 0. The topological polar surface area (TPSA) is 37.8 Å². The summed E-state index contributed by atoms with van der Waals surface area (Å²) in [6, 6.07) is 0.892. The van der Waals surface area contributed by atoms with Gasteiger partial charge < -0.3 is 5.32 Å². The number of halogens is 2. The first kappa shape index (κ1) is 11.0. The molecule has 0 saturated carbocycles. The summed E-state index contributed by atoms with van der Waals surface area (Å²) < 4.78 is 24.2. The molecule has 0 spiro atoms. The van der Waals surface area contributed by atoms with Crippen LogP contribution in [0.4, 0.5) is 8.78 Å². The average Bonchev–Trinajstić information content (AvgIpc) is 2.14. The second-order valence-electron chi connectivity index (χ2n) is 3.10. The van der Waals surface area contributed by atoms with Crippen molar-refractivity contribution < 1.29 is 8.78 Å². The molecule has 0 saturated heterocycles. The van der Waals surface area contributed by atoms with Gasteiger partial charge in [0.1, 0.15) is 5.82 Å². The second kappa shape index (κ2) is 4.95. The molecule has 0 aliphatic carbocycles. The van der Waals surface area contributed by atoms with Crippen molar-refractivity contribution in [3.05, 3.63) is 23.8 Å². The fraction of sp³-hybridized carbons (Fsp3) is 0.556. The largest absolute Gasteiger partial charge is 0.303 e. The van der Waals surface area contributed by atoms with Crippen LogP contribution in [0.5, 0.6) is 0 Å². The third kappa shape index (κ3) is 3.33. The van der Waals surface area contributed by atoms with E-state index in [0.717, 1.165) is 5.69 Å². The van der Waals surface area contributed by atoms with Gasteiger partial charge in [-0.2, -0.15) is 0 Å². The summed E-state index contributed by atoms with van der Waals surface area (Å²) in [6.45, 7) is 3.55. The molecule has 0 aliphatic heterocycles. The van der Waals surface area contributed by atoms with E-state index in [0.29, 0.717) is 12.4 Å². The molecule has 78 valence electrons. The van der Waals surface area contributed by atoms with E-state index < -0.39 is 12.5 Å². The van der Waals surface area contributed by atoms with Gasteiger partial charge in [0.25, 0.3) is 6.43 Å². The number of hydrogen-bond donors (Lipinski definition) is 1. The highest BCUT2D eigenvalue weighted by atomic mass is 19.3. The summed E-state index contributed by atoms with van der Waals surface area (Å²) in [4.78, 5) is 8.00. The number of rotatable bonds is 4. The van der Waals surface area contributed by atoms with Gasteiger partial charge in [-0.05, 0) is 19.9 Å². The van der Waals surface area contributed by atoms with Crippen LogP contribution in [0.1, 0.15) is 18.4 Å². The smallest absolute Gasteiger partial charge is 0.253 e. The van der Waals surface area contributed by atoms with Crippen LogP contribution in [-0.4, -0.2) is 22.4 Å². The van der Waals surface area contributed by atoms with Crippen molar-refractivity contribution in [2.45, 2.75) is 32.9 Å². The third-order valence-corrected chi connectivity index (χ3v) is 1.82. The van der Waals surface area contributed by atoms with Crippen molar-refractivity contribution in [1.82, 2.24) is 15.3 Å². The predicted octanol–water partition coefficient (Wildman–Crippen LogP) is 1.53. The molecule has 14 heavy (non-hydrogen) atoms. The van der Waals surface area contributed by atoms with Crippen LogP contribution in [0.15, 0.2) is 12.3 Å². The standard InChI is InChI=1S/C9H13F2N3/c1-6(9(10)11)13-5-8-3-4-12-7(2)14-8/h3-4,6,9,13H,5H2,1-2H3. The molecule has 1 unspecified atom stereocenters. The van der Waals surface area contributed by atoms with Crippen LogP contribution in [0, 0.1) is 6.92 Å². The Kier molecular flexibility index (Phi) is 3.88. The van der Waals surface area contributed by atoms with E-state index in [1.807, 2.05) is 0 Å². The maximum atomic E-state index is 12.1. The van der Waals surface area contributed by atoms with Crippen molar-refractivity contribution in [3.63, 3.8) is 0 Å². The first-order chi connectivity index (χ1) is 6.59. The number of hydrogen-bond acceptors (Lipinski definition) is 3. The predicted molar refractivity (Wildman–Crippen MR) is 49.1 cm³/mol. The molecular formula is C9H13F2N3. The van der Waals surface area contributed by atoms with Crippen molar-refractivity contribution in [1.29, 1.82) is 0 Å². The quantitative estimate of drug-likeness (QED) is 0.802. The van der Waals surface area contributed by atoms with Crippen molar-refractivity contribution in [3.8, 4) is 0 Å². The zero-order chi connectivity index (χ0) is 10.6. The van der Waals surface area contributed by atoms with E-state index in [-0.39, 0.29) is 0 Å². The summed E-state index contributed by atoms with van der Waals surface area (Å²) >= 11 is 0. The molecule has 1 aromatic rings. The van der Waals surface area contributed by atoms with Gasteiger partial charge in [-0.3, -0.25) is 0 Å². The molecular weight excluding hydrogens is 188 g/mol. The van der Waals surface area contributed by atoms with Crippen LogP contribution in [0.3, 0.4) is 0 Å². The van der Waals surface area contributed by atoms with E-state index in [1.54, 1.807) is 19.2 Å².